The van der Waals surface area contributed by atoms with Crippen LogP contribution in [0.15, 0.2) is 93.3 Å². The average molecular weight is 927 g/mol. The second kappa shape index (κ2) is 19.6. The van der Waals surface area contributed by atoms with Gasteiger partial charge in [0.15, 0.2) is 10.3 Å². The van der Waals surface area contributed by atoms with Crippen molar-refractivity contribution in [2.24, 2.45) is 0 Å². The summed E-state index contributed by atoms with van der Waals surface area (Å²) in [7, 11) is -7.02. The Labute approximate surface area is 382 Å². The van der Waals surface area contributed by atoms with Crippen LogP contribution in [0.5, 0.6) is 5.75 Å². The van der Waals surface area contributed by atoms with E-state index in [9.17, 15) is 16.8 Å². The molecule has 0 saturated carbocycles. The molecule has 0 atom stereocenters. The first-order valence-electron chi connectivity index (χ1n) is 21.5. The number of aryl methyl sites for hydroxylation is 7. The van der Waals surface area contributed by atoms with Gasteiger partial charge in [-0.05, 0) is 107 Å². The Kier molecular flexibility index (Phi) is 14.4. The van der Waals surface area contributed by atoms with Crippen molar-refractivity contribution in [2.75, 3.05) is 68.8 Å². The van der Waals surface area contributed by atoms with Crippen molar-refractivity contribution in [3.63, 3.8) is 0 Å². The van der Waals surface area contributed by atoms with Gasteiger partial charge in [0.25, 0.3) is 0 Å². The molecule has 0 unspecified atom stereocenters. The minimum absolute atomic E-state index is 0.448. The fraction of sp³-hybridized carbons (Fsp3) is 0.375. The van der Waals surface area contributed by atoms with Crippen molar-refractivity contribution in [2.45, 2.75) is 71.6 Å². The van der Waals surface area contributed by atoms with Crippen LogP contribution in [-0.2, 0) is 26.5 Å². The van der Waals surface area contributed by atoms with Crippen LogP contribution in [0.25, 0.3) is 22.5 Å². The van der Waals surface area contributed by atoms with Gasteiger partial charge in [-0.3, -0.25) is 0 Å². The second-order valence-electron chi connectivity index (χ2n) is 16.3. The monoisotopic (exact) mass is 926 g/mol. The highest BCUT2D eigenvalue weighted by molar-refractivity contribution is 7.89. The highest BCUT2D eigenvalue weighted by atomic mass is 32.2. The summed E-state index contributed by atoms with van der Waals surface area (Å²) in [6.07, 6.45) is 1.03. The summed E-state index contributed by atoms with van der Waals surface area (Å²) in [6.45, 7) is 20.6. The quantitative estimate of drug-likeness (QED) is 0.125. The lowest BCUT2D eigenvalue weighted by atomic mass is 10.1. The van der Waals surface area contributed by atoms with E-state index in [2.05, 4.69) is 46.4 Å². The van der Waals surface area contributed by atoms with Crippen LogP contribution >= 0.6 is 22.7 Å². The first-order valence-corrected chi connectivity index (χ1v) is 26.1. The maximum Gasteiger partial charge on any atom is 0.243 e. The van der Waals surface area contributed by atoms with Gasteiger partial charge in [0.2, 0.25) is 20.0 Å². The number of aromatic nitrogens is 2. The van der Waals surface area contributed by atoms with Gasteiger partial charge in [-0.2, -0.15) is 8.61 Å². The van der Waals surface area contributed by atoms with Gasteiger partial charge in [0.05, 0.1) is 27.8 Å². The van der Waals surface area contributed by atoms with Gasteiger partial charge < -0.3 is 14.5 Å². The van der Waals surface area contributed by atoms with Crippen molar-refractivity contribution in [3.05, 3.63) is 123 Å². The van der Waals surface area contributed by atoms with Gasteiger partial charge >= 0.3 is 0 Å². The van der Waals surface area contributed by atoms with Crippen molar-refractivity contribution in [3.8, 4) is 28.3 Å². The number of sulfonamides is 2. The molecule has 8 rings (SSSR count). The number of hydrogen-bond donors (Lipinski definition) is 0. The maximum atomic E-state index is 13.3. The van der Waals surface area contributed by atoms with E-state index >= 15 is 0 Å². The lowest BCUT2D eigenvalue weighted by Crippen LogP contribution is -2.48. The molecule has 2 saturated heterocycles. The Morgan fingerprint density at radius 3 is 1.25 bits per heavy atom. The maximum absolute atomic E-state index is 13.3. The third-order valence-electron chi connectivity index (χ3n) is 11.5. The molecule has 0 bridgehead atoms. The Balaban J connectivity index is 0.000000189. The lowest BCUT2D eigenvalue weighted by Gasteiger charge is -2.34. The molecule has 4 aromatic carbocycles. The van der Waals surface area contributed by atoms with E-state index < -0.39 is 20.0 Å². The molecule has 2 fully saturated rings. The summed E-state index contributed by atoms with van der Waals surface area (Å²) in [5.41, 5.74) is 10.8. The van der Waals surface area contributed by atoms with Crippen LogP contribution in [0.1, 0.15) is 52.8 Å². The topological polar surface area (TPSA) is 116 Å². The second-order valence-corrected chi connectivity index (χ2v) is 21.7. The van der Waals surface area contributed by atoms with E-state index in [-0.39, 0.29) is 0 Å². The summed E-state index contributed by atoms with van der Waals surface area (Å²) in [4.78, 5) is 14.9. The molecule has 0 N–H and O–H groups in total. The van der Waals surface area contributed by atoms with Crippen LogP contribution in [0.2, 0.25) is 0 Å². The molecular weight excluding hydrogens is 869 g/mol. The smallest absolute Gasteiger partial charge is 0.243 e. The van der Waals surface area contributed by atoms with E-state index in [1.54, 1.807) is 31.3 Å². The molecular formula is C48H58N6O5S4. The van der Waals surface area contributed by atoms with E-state index in [1.165, 1.54) is 5.56 Å². The molecule has 2 aliphatic rings. The Morgan fingerprint density at radius 1 is 0.540 bits per heavy atom. The van der Waals surface area contributed by atoms with Gasteiger partial charge in [-0.15, -0.1) is 22.7 Å². The summed E-state index contributed by atoms with van der Waals surface area (Å²) in [5.74, 6) is 0.850. The zero-order valence-electron chi connectivity index (χ0n) is 37.5. The Morgan fingerprint density at radius 2 is 0.905 bits per heavy atom. The molecule has 2 aromatic heterocycles. The minimum Gasteiger partial charge on any atom is -0.494 e. The Bertz CT molecular complexity index is 2710. The van der Waals surface area contributed by atoms with Crippen LogP contribution in [0.3, 0.4) is 0 Å². The first kappa shape index (κ1) is 46.4. The highest BCUT2D eigenvalue weighted by Crippen LogP contribution is 2.33. The van der Waals surface area contributed by atoms with E-state index in [0.29, 0.717) is 68.8 Å². The van der Waals surface area contributed by atoms with Crippen LogP contribution in [0, 0.1) is 41.5 Å². The molecule has 0 amide bonds. The first-order chi connectivity index (χ1) is 30.1. The standard InChI is InChI=1S/C24H29N3O3S2.C24H29N3O2S2/c1-5-30-21-8-6-20(7-9-21)22-16-31-24(25-22)26-10-12-27(13-11-26)32(28,29)23-18(3)14-17(2)15-19(23)4;1-5-20-6-8-21(9-7-20)22-16-30-24(25-22)26-10-12-27(13-11-26)31(28,29)23-18(3)14-17(2)15-19(23)4/h6-9,14-16H,5,10-13H2,1-4H3;6-9,14-16H,5,10-13H2,1-4H3. The SMILES string of the molecule is CCOc1ccc(-c2csc(N3CCN(S(=O)(=O)c4c(C)cc(C)cc4C)CC3)n2)cc1.CCc1ccc(-c2csc(N3CCN(S(=O)(=O)c4c(C)cc(C)cc4C)CC3)n2)cc1. The molecule has 4 heterocycles. The number of hydrogen-bond acceptors (Lipinski definition) is 11. The van der Waals surface area contributed by atoms with E-state index in [0.717, 1.165) is 78.3 Å². The third-order valence-corrected chi connectivity index (χ3v) is 17.7. The molecule has 0 aliphatic carbocycles. The van der Waals surface area contributed by atoms with Gasteiger partial charge in [0, 0.05) is 74.2 Å². The normalized spacial score (nSPS) is 15.3. The van der Waals surface area contributed by atoms with Crippen LogP contribution in [0.4, 0.5) is 10.3 Å². The predicted octanol–water partition coefficient (Wildman–Crippen LogP) is 9.45. The van der Waals surface area contributed by atoms with Crippen LogP contribution in [-0.4, -0.2) is 94.4 Å². The minimum atomic E-state index is -3.51. The van der Waals surface area contributed by atoms with Gasteiger partial charge in [-0.1, -0.05) is 66.6 Å². The lowest BCUT2D eigenvalue weighted by molar-refractivity contribution is 0.340. The molecule has 63 heavy (non-hydrogen) atoms. The number of thiazole rings is 2. The van der Waals surface area contributed by atoms with Crippen molar-refractivity contribution < 1.29 is 21.6 Å². The van der Waals surface area contributed by atoms with E-state index in [1.807, 2.05) is 102 Å². The van der Waals surface area contributed by atoms with Crippen LogP contribution < -0.4 is 14.5 Å². The average Bonchev–Trinajstić information content (AvgIpc) is 3.95. The van der Waals surface area contributed by atoms with Crippen molar-refractivity contribution in [1.29, 1.82) is 0 Å². The predicted molar refractivity (Wildman–Crippen MR) is 259 cm³/mol. The van der Waals surface area contributed by atoms with Crippen molar-refractivity contribution in [1.82, 2.24) is 18.6 Å². The zero-order valence-corrected chi connectivity index (χ0v) is 40.8. The van der Waals surface area contributed by atoms with Gasteiger partial charge in [-0.25, -0.2) is 26.8 Å². The fourth-order valence-corrected chi connectivity index (χ4v) is 14.0. The molecule has 0 spiro atoms. The molecule has 15 heteroatoms. The molecule has 334 valence electrons. The number of piperazine rings is 2. The van der Waals surface area contributed by atoms with Crippen molar-refractivity contribution >= 4 is 53.0 Å². The summed E-state index contributed by atoms with van der Waals surface area (Å²) in [5, 5.41) is 6.01. The third kappa shape index (κ3) is 10.3. The molecule has 0 radical (unpaired) electrons. The fourth-order valence-electron chi connectivity index (χ4n) is 8.53. The summed E-state index contributed by atoms with van der Waals surface area (Å²) >= 11 is 3.21. The molecule has 2 aliphatic heterocycles. The summed E-state index contributed by atoms with van der Waals surface area (Å²) in [6, 6.07) is 24.2. The Hall–Kier alpha value is -4.64. The number of anilines is 2. The number of benzene rings is 4. The number of rotatable bonds is 11. The van der Waals surface area contributed by atoms with E-state index in [4.69, 9.17) is 14.7 Å². The number of ether oxygens (including phenoxy) is 1. The number of nitrogens with zero attached hydrogens (tertiary/aromatic N) is 6. The highest BCUT2D eigenvalue weighted by Gasteiger charge is 2.33. The molecule has 6 aromatic rings. The largest absolute Gasteiger partial charge is 0.494 e. The molecule has 11 nitrogen and oxygen atoms in total. The summed E-state index contributed by atoms with van der Waals surface area (Å²) < 4.78 is 62.0. The van der Waals surface area contributed by atoms with Gasteiger partial charge in [0.1, 0.15) is 5.75 Å². The zero-order chi connectivity index (χ0) is 45.1.